The van der Waals surface area contributed by atoms with Gasteiger partial charge in [-0.25, -0.2) is 13.8 Å². The van der Waals surface area contributed by atoms with E-state index < -0.39 is 11.6 Å². The highest BCUT2D eigenvalue weighted by molar-refractivity contribution is 5.58. The Kier molecular flexibility index (Phi) is 7.67. The van der Waals surface area contributed by atoms with Crippen LogP contribution in [-0.4, -0.2) is 64.9 Å². The van der Waals surface area contributed by atoms with Gasteiger partial charge < -0.3 is 14.5 Å². The summed E-state index contributed by atoms with van der Waals surface area (Å²) in [5, 5.41) is 8.82. The molecule has 9 heteroatoms. The highest BCUT2D eigenvalue weighted by Gasteiger charge is 2.25. The topological polar surface area (TPSA) is 57.6 Å². The minimum atomic E-state index is -0.855. The zero-order valence-corrected chi connectivity index (χ0v) is 20.7. The second-order valence-electron chi connectivity index (χ2n) is 9.64. The Hall–Kier alpha value is -3.17. The van der Waals surface area contributed by atoms with Crippen LogP contribution >= 0.6 is 0 Å². The van der Waals surface area contributed by atoms with Crippen LogP contribution in [0.3, 0.4) is 0 Å². The molecule has 0 aliphatic carbocycles. The number of hydrogen-bond acceptors (Lipinski definition) is 7. The molecule has 1 saturated heterocycles. The van der Waals surface area contributed by atoms with E-state index in [2.05, 4.69) is 20.0 Å². The van der Waals surface area contributed by atoms with Crippen molar-refractivity contribution < 1.29 is 13.5 Å². The summed E-state index contributed by atoms with van der Waals surface area (Å²) < 4.78 is 32.9. The summed E-state index contributed by atoms with van der Waals surface area (Å²) in [5.41, 5.74) is 2.33. The lowest BCUT2D eigenvalue weighted by atomic mass is 10.1. The fraction of sp³-hybridized carbons (Fsp3) is 0.444. The Morgan fingerprint density at radius 2 is 1.75 bits per heavy atom. The molecule has 5 rings (SSSR count). The number of halogens is 2. The normalized spacial score (nSPS) is 16.7. The molecule has 0 radical (unpaired) electrons. The Morgan fingerprint density at radius 3 is 2.53 bits per heavy atom. The van der Waals surface area contributed by atoms with Crippen molar-refractivity contribution in [3.8, 4) is 17.1 Å². The zero-order chi connectivity index (χ0) is 24.9. The third-order valence-corrected chi connectivity index (χ3v) is 6.68. The van der Waals surface area contributed by atoms with E-state index in [1.54, 1.807) is 6.07 Å². The minimum absolute atomic E-state index is 0.383. The summed E-state index contributed by atoms with van der Waals surface area (Å²) in [6.45, 7) is 5.81. The van der Waals surface area contributed by atoms with Gasteiger partial charge in [0, 0.05) is 25.2 Å². The predicted molar refractivity (Wildman–Crippen MR) is 135 cm³/mol. The Morgan fingerprint density at radius 1 is 0.944 bits per heavy atom. The Bertz CT molecular complexity index is 1170. The van der Waals surface area contributed by atoms with E-state index in [-0.39, 0.29) is 0 Å². The molecule has 0 amide bonds. The maximum atomic E-state index is 13.7. The first-order chi connectivity index (χ1) is 17.5. The van der Waals surface area contributed by atoms with E-state index in [0.29, 0.717) is 43.6 Å². The molecule has 0 atom stereocenters. The first kappa shape index (κ1) is 24.5. The fourth-order valence-corrected chi connectivity index (χ4v) is 4.84. The maximum Gasteiger partial charge on any atom is 0.182 e. The van der Waals surface area contributed by atoms with Gasteiger partial charge in [0.1, 0.15) is 11.4 Å². The Balaban J connectivity index is 1.22. The molecule has 3 aromatic rings. The van der Waals surface area contributed by atoms with Gasteiger partial charge in [-0.2, -0.15) is 0 Å². The molecular formula is C27H32F2N6O. The van der Waals surface area contributed by atoms with Crippen molar-refractivity contribution >= 4 is 5.82 Å². The van der Waals surface area contributed by atoms with Crippen molar-refractivity contribution in [3.05, 3.63) is 65.4 Å². The van der Waals surface area contributed by atoms with Crippen LogP contribution in [0.15, 0.2) is 42.5 Å². The van der Waals surface area contributed by atoms with Crippen LogP contribution in [0.25, 0.3) is 11.4 Å². The first-order valence-electron chi connectivity index (χ1n) is 12.6. The SMILES string of the molecule is CN1Cc2nc(-c3ccc(OCCCN4CCCCC4)cc3)nnc2N(Cc2ccc(F)c(F)c2)C1. The van der Waals surface area contributed by atoms with Gasteiger partial charge in [-0.05, 0) is 81.4 Å². The molecule has 2 aliphatic rings. The molecule has 1 aromatic heterocycles. The van der Waals surface area contributed by atoms with E-state index in [9.17, 15) is 8.78 Å². The van der Waals surface area contributed by atoms with Crippen molar-refractivity contribution in [2.45, 2.75) is 38.8 Å². The number of ether oxygens (including phenoxy) is 1. The zero-order valence-electron chi connectivity index (χ0n) is 20.7. The summed E-state index contributed by atoms with van der Waals surface area (Å²) in [6.07, 6.45) is 5.00. The summed E-state index contributed by atoms with van der Waals surface area (Å²) in [5.74, 6) is 0.339. The molecule has 0 N–H and O–H groups in total. The second-order valence-corrected chi connectivity index (χ2v) is 9.64. The van der Waals surface area contributed by atoms with Gasteiger partial charge >= 0.3 is 0 Å². The van der Waals surface area contributed by atoms with Crippen LogP contribution in [0.1, 0.15) is 36.9 Å². The van der Waals surface area contributed by atoms with Gasteiger partial charge in [0.25, 0.3) is 0 Å². The molecule has 2 aromatic carbocycles. The Labute approximate surface area is 210 Å². The van der Waals surface area contributed by atoms with Crippen molar-refractivity contribution in [1.29, 1.82) is 0 Å². The van der Waals surface area contributed by atoms with Crippen molar-refractivity contribution in [2.24, 2.45) is 0 Å². The molecule has 0 spiro atoms. The van der Waals surface area contributed by atoms with Crippen LogP contribution in [0.2, 0.25) is 0 Å². The summed E-state index contributed by atoms with van der Waals surface area (Å²) >= 11 is 0. The van der Waals surface area contributed by atoms with Gasteiger partial charge in [-0.15, -0.1) is 10.2 Å². The molecule has 2 aliphatic heterocycles. The average molecular weight is 495 g/mol. The third-order valence-electron chi connectivity index (χ3n) is 6.68. The van der Waals surface area contributed by atoms with Gasteiger partial charge in [0.15, 0.2) is 23.3 Å². The number of anilines is 1. The lowest BCUT2D eigenvalue weighted by Gasteiger charge is -2.34. The number of benzene rings is 2. The largest absolute Gasteiger partial charge is 0.494 e. The number of likely N-dealkylation sites (tertiary alicyclic amines) is 1. The van der Waals surface area contributed by atoms with Crippen molar-refractivity contribution in [1.82, 2.24) is 25.0 Å². The summed E-state index contributed by atoms with van der Waals surface area (Å²) in [7, 11) is 1.99. The van der Waals surface area contributed by atoms with Crippen LogP contribution in [0, 0.1) is 11.6 Å². The fourth-order valence-electron chi connectivity index (χ4n) is 4.84. The third kappa shape index (κ3) is 5.96. The van der Waals surface area contributed by atoms with Crippen molar-refractivity contribution in [2.75, 3.05) is 44.9 Å². The molecule has 1 fully saturated rings. The quantitative estimate of drug-likeness (QED) is 0.428. The van der Waals surface area contributed by atoms with Gasteiger partial charge in [-0.1, -0.05) is 12.5 Å². The number of piperidine rings is 1. The number of nitrogens with zero attached hydrogens (tertiary/aromatic N) is 6. The number of fused-ring (bicyclic) bond motifs is 1. The lowest BCUT2D eigenvalue weighted by Crippen LogP contribution is -2.41. The lowest BCUT2D eigenvalue weighted by molar-refractivity contribution is 0.205. The van der Waals surface area contributed by atoms with Gasteiger partial charge in [0.05, 0.1) is 13.3 Å². The summed E-state index contributed by atoms with van der Waals surface area (Å²) in [4.78, 5) is 11.4. The molecule has 190 valence electrons. The van der Waals surface area contributed by atoms with Crippen LogP contribution in [0.4, 0.5) is 14.6 Å². The molecule has 0 unspecified atom stereocenters. The van der Waals surface area contributed by atoms with Gasteiger partial charge in [0.2, 0.25) is 0 Å². The van der Waals surface area contributed by atoms with E-state index in [1.807, 2.05) is 36.2 Å². The van der Waals surface area contributed by atoms with E-state index in [4.69, 9.17) is 9.72 Å². The number of aromatic nitrogens is 3. The van der Waals surface area contributed by atoms with Crippen molar-refractivity contribution in [3.63, 3.8) is 0 Å². The smallest absolute Gasteiger partial charge is 0.182 e. The minimum Gasteiger partial charge on any atom is -0.494 e. The summed E-state index contributed by atoms with van der Waals surface area (Å²) in [6, 6.07) is 11.7. The molecular weight excluding hydrogens is 462 g/mol. The molecule has 7 nitrogen and oxygen atoms in total. The monoisotopic (exact) mass is 494 g/mol. The molecule has 0 saturated carbocycles. The van der Waals surface area contributed by atoms with E-state index >= 15 is 0 Å². The average Bonchev–Trinajstić information content (AvgIpc) is 2.89. The van der Waals surface area contributed by atoms with E-state index in [0.717, 1.165) is 36.0 Å². The van der Waals surface area contributed by atoms with Gasteiger partial charge in [-0.3, -0.25) is 4.90 Å². The maximum absolute atomic E-state index is 13.7. The molecule has 0 bridgehead atoms. The standard InChI is InChI=1S/C27H32F2N6O/c1-33-18-25-27(35(19-33)17-20-6-11-23(28)24(29)16-20)32-31-26(30-25)21-7-9-22(10-8-21)36-15-5-14-34-12-3-2-4-13-34/h6-11,16H,2-5,12-15,17-19H2,1H3. The number of hydrogen-bond donors (Lipinski definition) is 0. The van der Waals surface area contributed by atoms with Crippen LogP contribution in [-0.2, 0) is 13.1 Å². The first-order valence-corrected chi connectivity index (χ1v) is 12.6. The van der Waals surface area contributed by atoms with Crippen LogP contribution in [0.5, 0.6) is 5.75 Å². The second kappa shape index (κ2) is 11.3. The van der Waals surface area contributed by atoms with E-state index in [1.165, 1.54) is 38.4 Å². The predicted octanol–water partition coefficient (Wildman–Crippen LogP) is 4.48. The molecule has 3 heterocycles. The highest BCUT2D eigenvalue weighted by atomic mass is 19.2. The highest BCUT2D eigenvalue weighted by Crippen LogP contribution is 2.27. The van der Waals surface area contributed by atoms with Crippen LogP contribution < -0.4 is 9.64 Å². The molecule has 36 heavy (non-hydrogen) atoms. The number of rotatable bonds is 8.